The number of hydrogen-bond acceptors (Lipinski definition) is 5. The molecule has 27 heavy (non-hydrogen) atoms. The fourth-order valence-corrected chi connectivity index (χ4v) is 3.70. The molecule has 0 atom stereocenters. The molecule has 6 nitrogen and oxygen atoms in total. The van der Waals surface area contributed by atoms with Crippen molar-refractivity contribution in [1.82, 2.24) is 14.9 Å². The van der Waals surface area contributed by atoms with Crippen LogP contribution in [0.4, 0.5) is 5.95 Å². The van der Waals surface area contributed by atoms with Crippen LogP contribution in [0.5, 0.6) is 0 Å². The largest absolute Gasteiger partial charge is 0.378 e. The number of amides is 1. The summed E-state index contributed by atoms with van der Waals surface area (Å²) in [5, 5.41) is 0. The average molecular weight is 366 g/mol. The summed E-state index contributed by atoms with van der Waals surface area (Å²) in [6.07, 6.45) is 4.09. The third-order valence-electron chi connectivity index (χ3n) is 5.29. The van der Waals surface area contributed by atoms with Crippen molar-refractivity contribution in [2.45, 2.75) is 32.7 Å². The van der Waals surface area contributed by atoms with E-state index in [-0.39, 0.29) is 5.91 Å². The molecule has 0 saturated carbocycles. The van der Waals surface area contributed by atoms with Gasteiger partial charge in [0.2, 0.25) is 11.9 Å². The van der Waals surface area contributed by atoms with Crippen molar-refractivity contribution >= 4 is 11.9 Å². The number of morpholine rings is 1. The number of ether oxygens (including phenoxy) is 1. The van der Waals surface area contributed by atoms with Gasteiger partial charge in [-0.3, -0.25) is 4.79 Å². The Kier molecular flexibility index (Phi) is 5.34. The predicted octanol–water partition coefficient (Wildman–Crippen LogP) is 2.14. The first-order valence-electron chi connectivity index (χ1n) is 9.70. The second-order valence-electron chi connectivity index (χ2n) is 7.30. The second-order valence-corrected chi connectivity index (χ2v) is 7.30. The van der Waals surface area contributed by atoms with E-state index in [9.17, 15) is 4.79 Å². The van der Waals surface area contributed by atoms with Crippen molar-refractivity contribution in [3.63, 3.8) is 0 Å². The smallest absolute Gasteiger partial charge is 0.225 e. The Balaban J connectivity index is 1.40. The van der Waals surface area contributed by atoms with Crippen LogP contribution in [0, 0.1) is 6.92 Å². The van der Waals surface area contributed by atoms with E-state index in [2.05, 4.69) is 41.1 Å². The summed E-state index contributed by atoms with van der Waals surface area (Å²) < 4.78 is 5.40. The number of benzene rings is 1. The van der Waals surface area contributed by atoms with Crippen molar-refractivity contribution in [1.29, 1.82) is 0 Å². The Labute approximate surface area is 160 Å². The summed E-state index contributed by atoms with van der Waals surface area (Å²) in [4.78, 5) is 26.1. The first kappa shape index (κ1) is 17.9. The highest BCUT2D eigenvalue weighted by Crippen LogP contribution is 2.21. The van der Waals surface area contributed by atoms with E-state index in [4.69, 9.17) is 9.72 Å². The molecule has 6 heteroatoms. The summed E-state index contributed by atoms with van der Waals surface area (Å²) >= 11 is 0. The van der Waals surface area contributed by atoms with Crippen molar-refractivity contribution in [3.05, 3.63) is 52.8 Å². The minimum absolute atomic E-state index is 0.202. The minimum Gasteiger partial charge on any atom is -0.378 e. The maximum Gasteiger partial charge on any atom is 0.225 e. The Morgan fingerprint density at radius 3 is 2.89 bits per heavy atom. The number of fused-ring (bicyclic) bond motifs is 1. The SMILES string of the molecule is Cc1cccc(CCC(=O)N2CCc3cnc(N4CCOCC4)nc3C2)c1. The molecule has 0 spiro atoms. The molecule has 0 aliphatic carbocycles. The van der Waals surface area contributed by atoms with E-state index >= 15 is 0 Å². The van der Waals surface area contributed by atoms with E-state index in [1.54, 1.807) is 0 Å². The van der Waals surface area contributed by atoms with Crippen LogP contribution in [0.2, 0.25) is 0 Å². The topological polar surface area (TPSA) is 58.6 Å². The standard InChI is InChI=1S/C21H26N4O2/c1-16-3-2-4-17(13-16)5-6-20(26)25-8-7-18-14-22-21(23-19(18)15-25)24-9-11-27-12-10-24/h2-4,13-14H,5-12,15H2,1H3. The molecule has 142 valence electrons. The molecule has 2 aliphatic rings. The molecule has 3 heterocycles. The molecule has 1 saturated heterocycles. The van der Waals surface area contributed by atoms with E-state index in [1.165, 1.54) is 11.1 Å². The maximum absolute atomic E-state index is 12.7. The van der Waals surface area contributed by atoms with Crippen LogP contribution in [-0.4, -0.2) is 53.6 Å². The first-order valence-corrected chi connectivity index (χ1v) is 9.70. The molecule has 1 fully saturated rings. The monoisotopic (exact) mass is 366 g/mol. The summed E-state index contributed by atoms with van der Waals surface area (Å²) in [5.74, 6) is 0.958. The summed E-state index contributed by atoms with van der Waals surface area (Å²) in [6, 6.07) is 8.38. The Bertz CT molecular complexity index is 818. The molecule has 0 N–H and O–H groups in total. The molecular formula is C21H26N4O2. The van der Waals surface area contributed by atoms with Gasteiger partial charge in [0.15, 0.2) is 0 Å². The highest BCUT2D eigenvalue weighted by Gasteiger charge is 2.23. The fraction of sp³-hybridized carbons (Fsp3) is 0.476. The number of aryl methyl sites for hydroxylation is 2. The quantitative estimate of drug-likeness (QED) is 0.830. The zero-order chi connectivity index (χ0) is 18.6. The number of hydrogen-bond donors (Lipinski definition) is 0. The summed E-state index contributed by atoms with van der Waals surface area (Å²) in [7, 11) is 0. The third-order valence-corrected chi connectivity index (χ3v) is 5.29. The minimum atomic E-state index is 0.202. The number of carbonyl (C=O) groups is 1. The second kappa shape index (κ2) is 8.05. The van der Waals surface area contributed by atoms with E-state index in [0.29, 0.717) is 26.2 Å². The highest BCUT2D eigenvalue weighted by molar-refractivity contribution is 5.76. The summed E-state index contributed by atoms with van der Waals surface area (Å²) in [5.41, 5.74) is 4.60. The number of anilines is 1. The molecule has 1 aromatic heterocycles. The number of carbonyl (C=O) groups excluding carboxylic acids is 1. The Morgan fingerprint density at radius 2 is 2.07 bits per heavy atom. The lowest BCUT2D eigenvalue weighted by molar-refractivity contribution is -0.132. The molecule has 2 aromatic rings. The average Bonchev–Trinajstić information content (AvgIpc) is 2.72. The molecular weight excluding hydrogens is 340 g/mol. The van der Waals surface area contributed by atoms with Crippen LogP contribution in [0.25, 0.3) is 0 Å². The molecule has 0 bridgehead atoms. The third kappa shape index (κ3) is 4.27. The van der Waals surface area contributed by atoms with Crippen LogP contribution in [0.3, 0.4) is 0 Å². The predicted molar refractivity (Wildman–Crippen MR) is 104 cm³/mol. The van der Waals surface area contributed by atoms with Crippen LogP contribution < -0.4 is 4.90 Å². The van der Waals surface area contributed by atoms with Gasteiger partial charge in [-0.2, -0.15) is 0 Å². The van der Waals surface area contributed by atoms with Crippen LogP contribution in [0.15, 0.2) is 30.5 Å². The molecule has 2 aliphatic heterocycles. The first-order chi connectivity index (χ1) is 13.2. The lowest BCUT2D eigenvalue weighted by Gasteiger charge is -2.30. The zero-order valence-corrected chi connectivity index (χ0v) is 15.9. The van der Waals surface area contributed by atoms with Crippen molar-refractivity contribution < 1.29 is 9.53 Å². The Morgan fingerprint density at radius 1 is 1.22 bits per heavy atom. The van der Waals surface area contributed by atoms with Crippen molar-refractivity contribution in [2.24, 2.45) is 0 Å². The van der Waals surface area contributed by atoms with Gasteiger partial charge in [-0.25, -0.2) is 9.97 Å². The van der Waals surface area contributed by atoms with Gasteiger partial charge < -0.3 is 14.5 Å². The normalized spacial score (nSPS) is 16.9. The maximum atomic E-state index is 12.7. The van der Waals surface area contributed by atoms with Gasteiger partial charge in [0.1, 0.15) is 0 Å². The molecule has 0 radical (unpaired) electrons. The van der Waals surface area contributed by atoms with Gasteiger partial charge in [-0.05, 0) is 30.9 Å². The highest BCUT2D eigenvalue weighted by atomic mass is 16.5. The van der Waals surface area contributed by atoms with Gasteiger partial charge >= 0.3 is 0 Å². The van der Waals surface area contributed by atoms with Gasteiger partial charge in [0.25, 0.3) is 0 Å². The number of nitrogens with zero attached hydrogens (tertiary/aromatic N) is 4. The molecule has 1 amide bonds. The zero-order valence-electron chi connectivity index (χ0n) is 15.9. The lowest BCUT2D eigenvalue weighted by atomic mass is 10.0. The van der Waals surface area contributed by atoms with Crippen LogP contribution in [0.1, 0.15) is 28.8 Å². The van der Waals surface area contributed by atoms with Crippen LogP contribution in [-0.2, 0) is 28.9 Å². The summed E-state index contributed by atoms with van der Waals surface area (Å²) in [6.45, 7) is 6.48. The van der Waals surface area contributed by atoms with Gasteiger partial charge in [-0.15, -0.1) is 0 Å². The molecule has 0 unspecified atom stereocenters. The molecule has 4 rings (SSSR count). The van der Waals surface area contributed by atoms with E-state index in [0.717, 1.165) is 49.7 Å². The van der Waals surface area contributed by atoms with Crippen molar-refractivity contribution in [2.75, 3.05) is 37.7 Å². The van der Waals surface area contributed by atoms with Crippen LogP contribution >= 0.6 is 0 Å². The van der Waals surface area contributed by atoms with E-state index < -0.39 is 0 Å². The molecule has 1 aromatic carbocycles. The number of rotatable bonds is 4. The fourth-order valence-electron chi connectivity index (χ4n) is 3.70. The van der Waals surface area contributed by atoms with Crippen molar-refractivity contribution in [3.8, 4) is 0 Å². The lowest BCUT2D eigenvalue weighted by Crippen LogP contribution is -2.39. The Hall–Kier alpha value is -2.47. The van der Waals surface area contributed by atoms with E-state index in [1.807, 2.05) is 11.1 Å². The number of aromatic nitrogens is 2. The van der Waals surface area contributed by atoms with Gasteiger partial charge in [0, 0.05) is 32.3 Å². The van der Waals surface area contributed by atoms with Gasteiger partial charge in [-0.1, -0.05) is 29.8 Å². The van der Waals surface area contributed by atoms with Gasteiger partial charge in [0.05, 0.1) is 25.5 Å².